The Morgan fingerprint density at radius 3 is 2.42 bits per heavy atom. The zero-order valence-corrected chi connectivity index (χ0v) is 13.1. The second-order valence-corrected chi connectivity index (χ2v) is 5.17. The highest BCUT2D eigenvalue weighted by Crippen LogP contribution is 2.21. The summed E-state index contributed by atoms with van der Waals surface area (Å²) in [5, 5.41) is 7.78. The summed E-state index contributed by atoms with van der Waals surface area (Å²) >= 11 is 0. The number of rotatable bonds is 5. The molecule has 5 nitrogen and oxygen atoms in total. The minimum absolute atomic E-state index is 0.109. The number of hydrogen-bond acceptors (Lipinski definition) is 3. The van der Waals surface area contributed by atoms with E-state index in [-0.39, 0.29) is 18.0 Å². The van der Waals surface area contributed by atoms with Crippen molar-refractivity contribution in [3.05, 3.63) is 17.0 Å². The molecule has 1 aromatic rings. The van der Waals surface area contributed by atoms with E-state index in [1.54, 1.807) is 4.90 Å². The summed E-state index contributed by atoms with van der Waals surface area (Å²) in [4.78, 5) is 13.8. The van der Waals surface area contributed by atoms with Crippen LogP contribution in [-0.2, 0) is 11.8 Å². The quantitative estimate of drug-likeness (QED) is 0.880. The average Bonchev–Trinajstić information content (AvgIpc) is 2.61. The fraction of sp³-hybridized carbons (Fsp3) is 0.714. The number of carbonyl (C=O) groups is 1. The van der Waals surface area contributed by atoms with Crippen LogP contribution >= 0.6 is 0 Å². The number of nitrogens with one attached hydrogen (secondary N) is 1. The minimum atomic E-state index is -0.195. The topological polar surface area (TPSA) is 50.2 Å². The van der Waals surface area contributed by atoms with Crippen LogP contribution in [0, 0.1) is 13.8 Å². The summed E-state index contributed by atoms with van der Waals surface area (Å²) in [5.41, 5.74) is 3.34. The van der Waals surface area contributed by atoms with Gasteiger partial charge in [-0.2, -0.15) is 5.10 Å². The molecule has 2 unspecified atom stereocenters. The molecule has 2 atom stereocenters. The number of amides is 1. The van der Waals surface area contributed by atoms with Gasteiger partial charge in [0, 0.05) is 37.9 Å². The number of aromatic nitrogens is 2. The molecule has 0 bridgehead atoms. The van der Waals surface area contributed by atoms with Crippen LogP contribution < -0.4 is 5.32 Å². The Hall–Kier alpha value is -1.36. The number of nitrogens with zero attached hydrogens (tertiary/aromatic N) is 3. The van der Waals surface area contributed by atoms with Crippen LogP contribution in [0.2, 0.25) is 0 Å². The van der Waals surface area contributed by atoms with E-state index in [9.17, 15) is 4.79 Å². The highest BCUT2D eigenvalue weighted by molar-refractivity contribution is 5.81. The first kappa shape index (κ1) is 15.7. The van der Waals surface area contributed by atoms with Crippen molar-refractivity contribution in [1.82, 2.24) is 20.0 Å². The average molecular weight is 266 g/mol. The molecule has 1 heterocycles. The van der Waals surface area contributed by atoms with Crippen molar-refractivity contribution in [1.29, 1.82) is 0 Å². The first-order chi connectivity index (χ1) is 8.79. The third-order valence-electron chi connectivity index (χ3n) is 3.72. The summed E-state index contributed by atoms with van der Waals surface area (Å²) in [6.07, 6.45) is 0. The summed E-state index contributed by atoms with van der Waals surface area (Å²) in [6, 6.07) is -0.0862. The molecule has 0 aliphatic carbocycles. The van der Waals surface area contributed by atoms with E-state index in [1.807, 2.05) is 39.5 Å². The summed E-state index contributed by atoms with van der Waals surface area (Å²) in [7, 11) is 3.77. The standard InChI is InChI=1S/C14H26N4O/c1-8-17(6)14(19)11(4)15-9(2)13-10(3)16-18(7)12(13)5/h9,11,15H,8H2,1-7H3. The SMILES string of the molecule is CCN(C)C(=O)C(C)NC(C)c1c(C)nn(C)c1C. The summed E-state index contributed by atoms with van der Waals surface area (Å²) in [5.74, 6) is 0.119. The van der Waals surface area contributed by atoms with Crippen molar-refractivity contribution in [2.24, 2.45) is 7.05 Å². The van der Waals surface area contributed by atoms with Crippen LogP contribution in [0.15, 0.2) is 0 Å². The van der Waals surface area contributed by atoms with Crippen molar-refractivity contribution < 1.29 is 4.79 Å². The molecular formula is C14H26N4O. The first-order valence-electron chi connectivity index (χ1n) is 6.80. The zero-order chi connectivity index (χ0) is 14.7. The lowest BCUT2D eigenvalue weighted by Crippen LogP contribution is -2.44. The molecule has 0 saturated carbocycles. The Morgan fingerprint density at radius 2 is 2.00 bits per heavy atom. The molecule has 1 aromatic heterocycles. The van der Waals surface area contributed by atoms with Gasteiger partial charge in [-0.1, -0.05) is 0 Å². The van der Waals surface area contributed by atoms with Gasteiger partial charge in [0.05, 0.1) is 11.7 Å². The van der Waals surface area contributed by atoms with Gasteiger partial charge in [0.25, 0.3) is 0 Å². The van der Waals surface area contributed by atoms with Gasteiger partial charge in [0.2, 0.25) is 5.91 Å². The normalized spacial score (nSPS) is 14.3. The van der Waals surface area contributed by atoms with Gasteiger partial charge in [-0.05, 0) is 34.6 Å². The van der Waals surface area contributed by atoms with Crippen molar-refractivity contribution in [3.63, 3.8) is 0 Å². The Balaban J connectivity index is 2.79. The van der Waals surface area contributed by atoms with Gasteiger partial charge in [0.1, 0.15) is 0 Å². The highest BCUT2D eigenvalue weighted by Gasteiger charge is 2.22. The molecule has 19 heavy (non-hydrogen) atoms. The van der Waals surface area contributed by atoms with Gasteiger partial charge in [0.15, 0.2) is 0 Å². The fourth-order valence-corrected chi connectivity index (χ4v) is 2.43. The van der Waals surface area contributed by atoms with Crippen molar-refractivity contribution in [2.75, 3.05) is 13.6 Å². The van der Waals surface area contributed by atoms with E-state index in [4.69, 9.17) is 0 Å². The number of likely N-dealkylation sites (N-methyl/N-ethyl adjacent to an activating group) is 1. The van der Waals surface area contributed by atoms with Crippen LogP contribution in [-0.4, -0.2) is 40.2 Å². The van der Waals surface area contributed by atoms with Crippen LogP contribution in [0.5, 0.6) is 0 Å². The number of aryl methyl sites for hydroxylation is 2. The lowest BCUT2D eigenvalue weighted by molar-refractivity contribution is -0.131. The predicted molar refractivity (Wildman–Crippen MR) is 77.0 cm³/mol. The monoisotopic (exact) mass is 266 g/mol. The summed E-state index contributed by atoms with van der Waals surface area (Å²) in [6.45, 7) is 10.7. The van der Waals surface area contributed by atoms with E-state index >= 15 is 0 Å². The molecule has 0 saturated heterocycles. The molecule has 0 fully saturated rings. The molecule has 0 spiro atoms. The Kier molecular flexibility index (Phi) is 5.11. The molecule has 0 aromatic carbocycles. The van der Waals surface area contributed by atoms with Crippen LogP contribution in [0.1, 0.15) is 43.8 Å². The molecule has 108 valence electrons. The van der Waals surface area contributed by atoms with Crippen LogP contribution in [0.25, 0.3) is 0 Å². The van der Waals surface area contributed by atoms with Crippen molar-refractivity contribution in [3.8, 4) is 0 Å². The number of carbonyl (C=O) groups excluding carboxylic acids is 1. The third-order valence-corrected chi connectivity index (χ3v) is 3.72. The van der Waals surface area contributed by atoms with Crippen LogP contribution in [0.4, 0.5) is 0 Å². The second-order valence-electron chi connectivity index (χ2n) is 5.17. The summed E-state index contributed by atoms with van der Waals surface area (Å²) < 4.78 is 1.88. The van der Waals surface area contributed by atoms with E-state index in [0.29, 0.717) is 0 Å². The van der Waals surface area contributed by atoms with Gasteiger partial charge in [-0.15, -0.1) is 0 Å². The fourth-order valence-electron chi connectivity index (χ4n) is 2.43. The predicted octanol–water partition coefficient (Wildman–Crippen LogP) is 1.55. The van der Waals surface area contributed by atoms with Crippen molar-refractivity contribution >= 4 is 5.91 Å². The lowest BCUT2D eigenvalue weighted by atomic mass is 10.1. The smallest absolute Gasteiger partial charge is 0.239 e. The second kappa shape index (κ2) is 6.19. The lowest BCUT2D eigenvalue weighted by Gasteiger charge is -2.24. The van der Waals surface area contributed by atoms with Gasteiger partial charge in [-0.3, -0.25) is 14.8 Å². The Labute approximate surface area is 116 Å². The van der Waals surface area contributed by atoms with Gasteiger partial charge >= 0.3 is 0 Å². The maximum absolute atomic E-state index is 12.1. The maximum Gasteiger partial charge on any atom is 0.239 e. The highest BCUT2D eigenvalue weighted by atomic mass is 16.2. The molecule has 5 heteroatoms. The molecule has 0 radical (unpaired) electrons. The van der Waals surface area contributed by atoms with E-state index < -0.39 is 0 Å². The zero-order valence-electron chi connectivity index (χ0n) is 13.1. The number of hydrogen-bond donors (Lipinski definition) is 1. The molecule has 1 N–H and O–H groups in total. The molecular weight excluding hydrogens is 240 g/mol. The van der Waals surface area contributed by atoms with Crippen LogP contribution in [0.3, 0.4) is 0 Å². The molecule has 0 aliphatic rings. The van der Waals surface area contributed by atoms with E-state index in [0.717, 1.165) is 17.9 Å². The maximum atomic E-state index is 12.1. The van der Waals surface area contributed by atoms with Crippen molar-refractivity contribution in [2.45, 2.75) is 46.7 Å². The largest absolute Gasteiger partial charge is 0.345 e. The molecule has 0 aliphatic heterocycles. The first-order valence-corrected chi connectivity index (χ1v) is 6.80. The molecule has 1 rings (SSSR count). The Morgan fingerprint density at radius 1 is 1.42 bits per heavy atom. The Bertz CT molecular complexity index is 453. The molecule has 1 amide bonds. The third kappa shape index (κ3) is 3.35. The van der Waals surface area contributed by atoms with E-state index in [1.165, 1.54) is 5.56 Å². The van der Waals surface area contributed by atoms with Gasteiger partial charge < -0.3 is 4.90 Å². The van der Waals surface area contributed by atoms with Gasteiger partial charge in [-0.25, -0.2) is 0 Å². The van der Waals surface area contributed by atoms with E-state index in [2.05, 4.69) is 24.3 Å². The minimum Gasteiger partial charge on any atom is -0.345 e.